The maximum Gasteiger partial charge on any atom is 0.337 e. The Morgan fingerprint density at radius 1 is 1.35 bits per heavy atom. The highest BCUT2D eigenvalue weighted by Crippen LogP contribution is 2.39. The molecule has 1 aromatic rings. The lowest BCUT2D eigenvalue weighted by Crippen LogP contribution is -2.45. The number of anilines is 1. The first-order valence-corrected chi connectivity index (χ1v) is 6.77. The van der Waals surface area contributed by atoms with E-state index in [1.807, 2.05) is 0 Å². The zero-order chi connectivity index (χ0) is 14.8. The Hall–Kier alpha value is -2.04. The van der Waals surface area contributed by atoms with Crippen molar-refractivity contribution in [1.82, 2.24) is 5.32 Å². The lowest BCUT2D eigenvalue weighted by molar-refractivity contribution is 0.0697. The zero-order valence-electron chi connectivity index (χ0n) is 11.8. The minimum absolute atomic E-state index is 0.125. The highest BCUT2D eigenvalue weighted by Gasteiger charge is 2.32. The van der Waals surface area contributed by atoms with Crippen LogP contribution in [0.3, 0.4) is 0 Å². The topological polar surface area (TPSA) is 69.6 Å². The Morgan fingerprint density at radius 3 is 2.55 bits per heavy atom. The zero-order valence-corrected chi connectivity index (χ0v) is 11.8. The number of hydrogen-bond acceptors (Lipinski definition) is 2. The van der Waals surface area contributed by atoms with E-state index in [9.17, 15) is 9.59 Å². The molecule has 1 aliphatic rings. The van der Waals surface area contributed by atoms with Gasteiger partial charge >= 0.3 is 12.0 Å². The number of hydrogen-bond donors (Lipinski definition) is 2. The van der Waals surface area contributed by atoms with Crippen LogP contribution in [0.2, 0.25) is 0 Å². The van der Waals surface area contributed by atoms with Crippen molar-refractivity contribution < 1.29 is 14.7 Å². The number of carboxylic acids is 1. The van der Waals surface area contributed by atoms with Gasteiger partial charge in [0.25, 0.3) is 0 Å². The second-order valence-corrected chi connectivity index (χ2v) is 5.70. The average molecular weight is 276 g/mol. The number of urea groups is 1. The number of amides is 2. The molecule has 2 rings (SSSR count). The standard InChI is InChI=1S/C15H20N2O3/c1-15(8-5-9-15)10-16-14(20)17(2)12-7-4-3-6-11(12)13(18)19/h3-4,6-7H,5,8-10H2,1-2H3,(H,16,20)(H,18,19). The number of carboxylic acid groups (broad SMARTS) is 1. The third-order valence-corrected chi connectivity index (χ3v) is 4.03. The molecular formula is C15H20N2O3. The number of carbonyl (C=O) groups excluding carboxylic acids is 1. The molecule has 2 amide bonds. The number of nitrogens with zero attached hydrogens (tertiary/aromatic N) is 1. The molecular weight excluding hydrogens is 256 g/mol. The molecule has 1 aliphatic carbocycles. The fourth-order valence-electron chi connectivity index (χ4n) is 2.42. The predicted molar refractivity (Wildman–Crippen MR) is 77.2 cm³/mol. The number of carbonyl (C=O) groups is 2. The Labute approximate surface area is 118 Å². The minimum atomic E-state index is -1.04. The van der Waals surface area contributed by atoms with Crippen LogP contribution in [0, 0.1) is 5.41 Å². The summed E-state index contributed by atoms with van der Waals surface area (Å²) in [4.78, 5) is 24.6. The van der Waals surface area contributed by atoms with Crippen molar-refractivity contribution in [3.8, 4) is 0 Å². The summed E-state index contributed by atoms with van der Waals surface area (Å²) in [7, 11) is 1.58. The molecule has 0 unspecified atom stereocenters. The largest absolute Gasteiger partial charge is 0.478 e. The third kappa shape index (κ3) is 2.92. The first kappa shape index (κ1) is 14.4. The fourth-order valence-corrected chi connectivity index (χ4v) is 2.42. The van der Waals surface area contributed by atoms with Gasteiger partial charge < -0.3 is 10.4 Å². The highest BCUT2D eigenvalue weighted by molar-refractivity contribution is 6.01. The second-order valence-electron chi connectivity index (χ2n) is 5.70. The summed E-state index contributed by atoms with van der Waals surface area (Å²) in [6.07, 6.45) is 3.47. The maximum absolute atomic E-state index is 12.1. The van der Waals surface area contributed by atoms with Gasteiger partial charge in [0, 0.05) is 13.6 Å². The van der Waals surface area contributed by atoms with Gasteiger partial charge in [-0.25, -0.2) is 9.59 Å². The molecule has 5 nitrogen and oxygen atoms in total. The molecule has 0 bridgehead atoms. The quantitative estimate of drug-likeness (QED) is 0.888. The van der Waals surface area contributed by atoms with Gasteiger partial charge in [0.05, 0.1) is 11.3 Å². The van der Waals surface area contributed by atoms with Crippen LogP contribution in [0.1, 0.15) is 36.5 Å². The molecule has 0 aliphatic heterocycles. The Bertz CT molecular complexity index is 524. The van der Waals surface area contributed by atoms with E-state index >= 15 is 0 Å². The number of nitrogens with one attached hydrogen (secondary N) is 1. The second kappa shape index (κ2) is 5.53. The molecule has 20 heavy (non-hydrogen) atoms. The first-order valence-electron chi connectivity index (χ1n) is 6.77. The molecule has 0 spiro atoms. The van der Waals surface area contributed by atoms with Gasteiger partial charge in [-0.1, -0.05) is 25.5 Å². The van der Waals surface area contributed by atoms with Crippen LogP contribution in [0.4, 0.5) is 10.5 Å². The lowest BCUT2D eigenvalue weighted by atomic mass is 9.70. The lowest BCUT2D eigenvalue weighted by Gasteiger charge is -2.38. The molecule has 1 fully saturated rings. The van der Waals surface area contributed by atoms with Gasteiger partial charge in [-0.2, -0.15) is 0 Å². The van der Waals surface area contributed by atoms with Gasteiger partial charge in [-0.3, -0.25) is 4.90 Å². The van der Waals surface area contributed by atoms with Crippen LogP contribution >= 0.6 is 0 Å². The van der Waals surface area contributed by atoms with Gasteiger partial charge in [0.1, 0.15) is 0 Å². The molecule has 108 valence electrons. The van der Waals surface area contributed by atoms with Gasteiger partial charge in [0.15, 0.2) is 0 Å². The van der Waals surface area contributed by atoms with Crippen LogP contribution in [0.15, 0.2) is 24.3 Å². The fraction of sp³-hybridized carbons (Fsp3) is 0.467. The first-order chi connectivity index (χ1) is 9.43. The van der Waals surface area contributed by atoms with E-state index in [4.69, 9.17) is 5.11 Å². The molecule has 1 aromatic carbocycles. The third-order valence-electron chi connectivity index (χ3n) is 4.03. The Balaban J connectivity index is 2.05. The summed E-state index contributed by atoms with van der Waals surface area (Å²) in [6.45, 7) is 2.79. The van der Waals surface area contributed by atoms with Crippen molar-refractivity contribution in [2.75, 3.05) is 18.5 Å². The van der Waals surface area contributed by atoms with Crippen molar-refractivity contribution >= 4 is 17.7 Å². The molecule has 5 heteroatoms. The summed E-state index contributed by atoms with van der Waals surface area (Å²) < 4.78 is 0. The smallest absolute Gasteiger partial charge is 0.337 e. The summed E-state index contributed by atoms with van der Waals surface area (Å²) in [5.41, 5.74) is 0.722. The Morgan fingerprint density at radius 2 is 2.00 bits per heavy atom. The Kier molecular flexibility index (Phi) is 3.97. The normalized spacial score (nSPS) is 16.1. The van der Waals surface area contributed by atoms with E-state index in [1.54, 1.807) is 25.2 Å². The SMILES string of the molecule is CN(C(=O)NCC1(C)CCC1)c1ccccc1C(=O)O. The van der Waals surface area contributed by atoms with E-state index in [2.05, 4.69) is 12.2 Å². The maximum atomic E-state index is 12.1. The average Bonchev–Trinajstić information content (AvgIpc) is 2.41. The van der Waals surface area contributed by atoms with Crippen LogP contribution in [-0.4, -0.2) is 30.7 Å². The molecule has 0 radical (unpaired) electrons. The number of aromatic carboxylic acids is 1. The van der Waals surface area contributed by atoms with Crippen molar-refractivity contribution in [2.45, 2.75) is 26.2 Å². The summed E-state index contributed by atoms with van der Waals surface area (Å²) in [5, 5.41) is 12.0. The van der Waals surface area contributed by atoms with Gasteiger partial charge in [-0.05, 0) is 30.4 Å². The van der Waals surface area contributed by atoms with E-state index < -0.39 is 5.97 Å². The highest BCUT2D eigenvalue weighted by atomic mass is 16.4. The number of para-hydroxylation sites is 1. The van der Waals surface area contributed by atoms with Crippen LogP contribution < -0.4 is 10.2 Å². The molecule has 2 N–H and O–H groups in total. The molecule has 0 saturated heterocycles. The van der Waals surface area contributed by atoms with Crippen LogP contribution in [0.5, 0.6) is 0 Å². The van der Waals surface area contributed by atoms with Crippen molar-refractivity contribution in [3.63, 3.8) is 0 Å². The molecule has 0 heterocycles. The van der Waals surface area contributed by atoms with Crippen molar-refractivity contribution in [1.29, 1.82) is 0 Å². The minimum Gasteiger partial charge on any atom is -0.478 e. The summed E-state index contributed by atoms with van der Waals surface area (Å²) in [5.74, 6) is -1.04. The van der Waals surface area contributed by atoms with E-state index in [1.165, 1.54) is 17.4 Å². The van der Waals surface area contributed by atoms with E-state index in [-0.39, 0.29) is 17.0 Å². The molecule has 0 aromatic heterocycles. The summed E-state index contributed by atoms with van der Waals surface area (Å²) in [6, 6.07) is 6.22. The van der Waals surface area contributed by atoms with E-state index in [0.717, 1.165) is 12.8 Å². The summed E-state index contributed by atoms with van der Waals surface area (Å²) >= 11 is 0. The predicted octanol–water partition coefficient (Wildman–Crippen LogP) is 2.72. The van der Waals surface area contributed by atoms with Gasteiger partial charge in [0.2, 0.25) is 0 Å². The van der Waals surface area contributed by atoms with Gasteiger partial charge in [-0.15, -0.1) is 0 Å². The monoisotopic (exact) mass is 276 g/mol. The van der Waals surface area contributed by atoms with Crippen molar-refractivity contribution in [2.24, 2.45) is 5.41 Å². The number of benzene rings is 1. The van der Waals surface area contributed by atoms with Crippen LogP contribution in [0.25, 0.3) is 0 Å². The molecule has 1 saturated carbocycles. The van der Waals surface area contributed by atoms with E-state index in [0.29, 0.717) is 12.2 Å². The number of rotatable bonds is 4. The van der Waals surface area contributed by atoms with Crippen LogP contribution in [-0.2, 0) is 0 Å². The molecule has 0 atom stereocenters. The van der Waals surface area contributed by atoms with Crippen molar-refractivity contribution in [3.05, 3.63) is 29.8 Å².